The molecule has 4 heteroatoms. The minimum Gasteiger partial charge on any atom is -0.329 e. The second-order valence-electron chi connectivity index (χ2n) is 6.28. The summed E-state index contributed by atoms with van der Waals surface area (Å²) in [6.07, 6.45) is 11.6. The van der Waals surface area contributed by atoms with Crippen LogP contribution >= 0.6 is 0 Å². The van der Waals surface area contributed by atoms with Crippen molar-refractivity contribution < 1.29 is 4.39 Å². The van der Waals surface area contributed by atoms with Crippen LogP contribution in [0.5, 0.6) is 0 Å². The van der Waals surface area contributed by atoms with Gasteiger partial charge in [0.1, 0.15) is 5.82 Å². The lowest BCUT2D eigenvalue weighted by Gasteiger charge is -2.43. The highest BCUT2D eigenvalue weighted by molar-refractivity contribution is 5.11. The first-order chi connectivity index (χ1) is 10.2. The van der Waals surface area contributed by atoms with E-state index in [0.717, 1.165) is 37.9 Å². The maximum Gasteiger partial charge on any atom is 0.141 e. The number of halogens is 1. The van der Waals surface area contributed by atoms with Crippen LogP contribution in [0, 0.1) is 5.82 Å². The third kappa shape index (κ3) is 4.24. The zero-order chi connectivity index (χ0) is 15.1. The molecule has 0 radical (unpaired) electrons. The van der Waals surface area contributed by atoms with Crippen LogP contribution in [0.3, 0.4) is 0 Å². The Labute approximate surface area is 127 Å². The third-order valence-electron chi connectivity index (χ3n) is 4.71. The lowest BCUT2D eigenvalue weighted by atomic mass is 9.87. The minimum atomic E-state index is -0.258. The maximum absolute atomic E-state index is 13.4. The van der Waals surface area contributed by atoms with Gasteiger partial charge in [0.05, 0.1) is 6.20 Å². The molecule has 2 N–H and O–H groups in total. The van der Waals surface area contributed by atoms with E-state index in [0.29, 0.717) is 6.54 Å². The van der Waals surface area contributed by atoms with E-state index in [-0.39, 0.29) is 11.4 Å². The lowest BCUT2D eigenvalue weighted by Crippen LogP contribution is -2.53. The molecule has 0 bridgehead atoms. The summed E-state index contributed by atoms with van der Waals surface area (Å²) in [7, 11) is 0. The van der Waals surface area contributed by atoms with E-state index in [1.54, 1.807) is 12.3 Å². The van der Waals surface area contributed by atoms with Gasteiger partial charge in [-0.2, -0.15) is 0 Å². The second-order valence-corrected chi connectivity index (χ2v) is 6.28. The van der Waals surface area contributed by atoms with Crippen LogP contribution in [-0.2, 0) is 6.54 Å². The molecule has 1 heterocycles. The number of aromatic nitrogens is 1. The van der Waals surface area contributed by atoms with E-state index in [9.17, 15) is 4.39 Å². The molecule has 0 spiro atoms. The summed E-state index contributed by atoms with van der Waals surface area (Å²) >= 11 is 0. The molecule has 0 amide bonds. The molecule has 0 atom stereocenters. The van der Waals surface area contributed by atoms with Gasteiger partial charge >= 0.3 is 0 Å². The Hall–Kier alpha value is -1.00. The summed E-state index contributed by atoms with van der Waals surface area (Å²) in [4.78, 5) is 6.46. The molecule has 2 rings (SSSR count). The molecule has 118 valence electrons. The van der Waals surface area contributed by atoms with Crippen LogP contribution in [0.1, 0.15) is 57.4 Å². The number of hydrogen-bond acceptors (Lipinski definition) is 3. The molecule has 1 aromatic heterocycles. The van der Waals surface area contributed by atoms with Crippen LogP contribution in [0.15, 0.2) is 18.5 Å². The minimum absolute atomic E-state index is 0.0822. The van der Waals surface area contributed by atoms with Crippen LogP contribution in [0.25, 0.3) is 0 Å². The van der Waals surface area contributed by atoms with Gasteiger partial charge in [0.25, 0.3) is 0 Å². The van der Waals surface area contributed by atoms with Crippen molar-refractivity contribution in [2.75, 3.05) is 13.1 Å². The van der Waals surface area contributed by atoms with E-state index in [4.69, 9.17) is 5.73 Å². The molecule has 1 aliphatic carbocycles. The van der Waals surface area contributed by atoms with Crippen molar-refractivity contribution in [2.24, 2.45) is 5.73 Å². The zero-order valence-electron chi connectivity index (χ0n) is 13.2. The Morgan fingerprint density at radius 2 is 1.95 bits per heavy atom. The van der Waals surface area contributed by atoms with E-state index < -0.39 is 0 Å². The zero-order valence-corrected chi connectivity index (χ0v) is 13.2. The Morgan fingerprint density at radius 3 is 2.52 bits per heavy atom. The fourth-order valence-electron chi connectivity index (χ4n) is 3.55. The molecule has 0 saturated heterocycles. The fraction of sp³-hybridized carbons (Fsp3) is 0.706. The van der Waals surface area contributed by atoms with Crippen molar-refractivity contribution in [1.29, 1.82) is 0 Å². The smallest absolute Gasteiger partial charge is 0.141 e. The van der Waals surface area contributed by atoms with Gasteiger partial charge in [0.15, 0.2) is 0 Å². The topological polar surface area (TPSA) is 42.2 Å². The number of rotatable bonds is 6. The summed E-state index contributed by atoms with van der Waals surface area (Å²) in [5.41, 5.74) is 7.22. The highest BCUT2D eigenvalue weighted by Crippen LogP contribution is 2.33. The van der Waals surface area contributed by atoms with Crippen LogP contribution < -0.4 is 5.73 Å². The van der Waals surface area contributed by atoms with Gasteiger partial charge in [-0.1, -0.05) is 32.6 Å². The van der Waals surface area contributed by atoms with Gasteiger partial charge in [-0.25, -0.2) is 4.39 Å². The number of nitrogens with zero attached hydrogens (tertiary/aromatic N) is 2. The predicted octanol–water partition coefficient (Wildman–Crippen LogP) is 3.48. The average molecular weight is 293 g/mol. The Balaban J connectivity index is 2.18. The highest BCUT2D eigenvalue weighted by atomic mass is 19.1. The standard InChI is InChI=1S/C17H28FN3/c1-2-9-21(13-15-10-16(18)12-20-11-15)17(14-19)7-5-3-4-6-8-17/h10-12H,2-9,13-14,19H2,1H3. The van der Waals surface area contributed by atoms with Crippen LogP contribution in [0.2, 0.25) is 0 Å². The van der Waals surface area contributed by atoms with Crippen molar-refractivity contribution in [3.05, 3.63) is 29.8 Å². The molecule has 3 nitrogen and oxygen atoms in total. The van der Waals surface area contributed by atoms with Crippen molar-refractivity contribution in [1.82, 2.24) is 9.88 Å². The van der Waals surface area contributed by atoms with Crippen molar-refractivity contribution in [3.63, 3.8) is 0 Å². The monoisotopic (exact) mass is 293 g/mol. The quantitative estimate of drug-likeness (QED) is 0.816. The van der Waals surface area contributed by atoms with Gasteiger partial charge in [-0.05, 0) is 37.4 Å². The summed E-state index contributed by atoms with van der Waals surface area (Å²) in [6.45, 7) is 4.64. The molecule has 0 aliphatic heterocycles. The van der Waals surface area contributed by atoms with Gasteiger partial charge in [-0.3, -0.25) is 9.88 Å². The van der Waals surface area contributed by atoms with Crippen LogP contribution in [0.4, 0.5) is 4.39 Å². The van der Waals surface area contributed by atoms with Gasteiger partial charge < -0.3 is 5.73 Å². The number of pyridine rings is 1. The Bertz CT molecular complexity index is 428. The highest BCUT2D eigenvalue weighted by Gasteiger charge is 2.35. The van der Waals surface area contributed by atoms with Crippen molar-refractivity contribution in [2.45, 2.75) is 64.0 Å². The van der Waals surface area contributed by atoms with Gasteiger partial charge in [0, 0.05) is 24.8 Å². The summed E-state index contributed by atoms with van der Waals surface area (Å²) in [5.74, 6) is -0.258. The summed E-state index contributed by atoms with van der Waals surface area (Å²) in [5, 5.41) is 0. The molecule has 1 fully saturated rings. The number of hydrogen-bond donors (Lipinski definition) is 1. The fourth-order valence-corrected chi connectivity index (χ4v) is 3.55. The molecular weight excluding hydrogens is 265 g/mol. The maximum atomic E-state index is 13.4. The third-order valence-corrected chi connectivity index (χ3v) is 4.71. The first kappa shape index (κ1) is 16.4. The summed E-state index contributed by atoms with van der Waals surface area (Å²) in [6, 6.07) is 1.59. The molecule has 21 heavy (non-hydrogen) atoms. The Morgan fingerprint density at radius 1 is 1.24 bits per heavy atom. The molecule has 1 saturated carbocycles. The first-order valence-corrected chi connectivity index (χ1v) is 8.25. The Kier molecular flexibility index (Phi) is 6.12. The SMILES string of the molecule is CCCN(Cc1cncc(F)c1)C1(CN)CCCCCC1. The van der Waals surface area contributed by atoms with E-state index in [2.05, 4.69) is 16.8 Å². The van der Waals surface area contributed by atoms with E-state index in [1.165, 1.54) is 31.9 Å². The van der Waals surface area contributed by atoms with Crippen LogP contribution in [-0.4, -0.2) is 28.5 Å². The molecular formula is C17H28FN3. The van der Waals surface area contributed by atoms with Gasteiger partial charge in [0.2, 0.25) is 0 Å². The van der Waals surface area contributed by atoms with Gasteiger partial charge in [-0.15, -0.1) is 0 Å². The predicted molar refractivity (Wildman–Crippen MR) is 84.4 cm³/mol. The summed E-state index contributed by atoms with van der Waals surface area (Å²) < 4.78 is 13.4. The van der Waals surface area contributed by atoms with Crippen molar-refractivity contribution in [3.8, 4) is 0 Å². The molecule has 0 unspecified atom stereocenters. The lowest BCUT2D eigenvalue weighted by molar-refractivity contribution is 0.0695. The normalized spacial score (nSPS) is 18.7. The molecule has 1 aliphatic rings. The van der Waals surface area contributed by atoms with Crippen molar-refractivity contribution >= 4 is 0 Å². The second kappa shape index (κ2) is 7.85. The first-order valence-electron chi connectivity index (χ1n) is 8.25. The largest absolute Gasteiger partial charge is 0.329 e. The average Bonchev–Trinajstić information content (AvgIpc) is 2.73. The van der Waals surface area contributed by atoms with E-state index >= 15 is 0 Å². The number of nitrogens with two attached hydrogens (primary N) is 1. The van der Waals surface area contributed by atoms with E-state index in [1.807, 2.05) is 0 Å². The molecule has 1 aromatic rings. The molecule has 0 aromatic carbocycles.